The van der Waals surface area contributed by atoms with Gasteiger partial charge in [0, 0.05) is 31.5 Å². The largest absolute Gasteiger partial charge is 0.497 e. The van der Waals surface area contributed by atoms with Crippen LogP contribution in [0, 0.1) is 0 Å². The number of carbonyl (C=O) groups excluding carboxylic acids is 2. The number of rotatable bonds is 8. The Hall–Kier alpha value is -4.60. The summed E-state index contributed by atoms with van der Waals surface area (Å²) in [7, 11) is 3.05. The van der Waals surface area contributed by atoms with Crippen molar-refractivity contribution in [3.05, 3.63) is 111 Å². The molecule has 0 aliphatic carbocycles. The molecule has 0 unspecified atom stereocenters. The molecule has 0 saturated carbocycles. The highest BCUT2D eigenvalue weighted by Gasteiger charge is 2.20. The van der Waals surface area contributed by atoms with Gasteiger partial charge in [-0.15, -0.1) is 0 Å². The zero-order valence-corrected chi connectivity index (χ0v) is 24.2. The molecule has 0 saturated heterocycles. The number of aromatic nitrogens is 1. The minimum Gasteiger partial charge on any atom is -0.497 e. The SMILES string of the molecule is COc1ccc2[nH]c(C(=O)NN=Cc3cc(Br)ccc3OC(=O)c3cc(Cl)ccc3OC)c(-c3ccccc3)c2c1. The Kier molecular flexibility index (Phi) is 8.37. The first-order valence-electron chi connectivity index (χ1n) is 12.3. The van der Waals surface area contributed by atoms with E-state index < -0.39 is 11.9 Å². The van der Waals surface area contributed by atoms with Crippen LogP contribution in [0.3, 0.4) is 0 Å². The minimum absolute atomic E-state index is 0.169. The number of hydrogen-bond acceptors (Lipinski definition) is 6. The number of ether oxygens (including phenoxy) is 3. The molecule has 0 radical (unpaired) electrons. The van der Waals surface area contributed by atoms with Gasteiger partial charge in [-0.25, -0.2) is 10.2 Å². The van der Waals surface area contributed by atoms with Crippen LogP contribution in [0.2, 0.25) is 5.02 Å². The Labute approximate surface area is 249 Å². The highest BCUT2D eigenvalue weighted by atomic mass is 79.9. The molecule has 41 heavy (non-hydrogen) atoms. The maximum atomic E-state index is 13.4. The number of hydrogen-bond donors (Lipinski definition) is 2. The number of H-pyrrole nitrogens is 1. The van der Waals surface area contributed by atoms with Crippen molar-refractivity contribution in [1.29, 1.82) is 0 Å². The molecule has 206 valence electrons. The number of nitrogens with one attached hydrogen (secondary N) is 2. The molecule has 4 aromatic carbocycles. The average molecular weight is 633 g/mol. The molecule has 0 aliphatic rings. The summed E-state index contributed by atoms with van der Waals surface area (Å²) >= 11 is 9.49. The number of nitrogens with zero attached hydrogens (tertiary/aromatic N) is 1. The minimum atomic E-state index is -0.661. The third kappa shape index (κ3) is 6.11. The monoisotopic (exact) mass is 631 g/mol. The molecule has 2 N–H and O–H groups in total. The predicted molar refractivity (Wildman–Crippen MR) is 162 cm³/mol. The Morgan fingerprint density at radius 1 is 0.927 bits per heavy atom. The molecule has 1 heterocycles. The maximum absolute atomic E-state index is 13.4. The summed E-state index contributed by atoms with van der Waals surface area (Å²) in [6, 6.07) is 24.9. The Balaban J connectivity index is 1.42. The second-order valence-corrected chi connectivity index (χ2v) is 10.1. The smallest absolute Gasteiger partial charge is 0.347 e. The van der Waals surface area contributed by atoms with Crippen molar-refractivity contribution in [1.82, 2.24) is 10.4 Å². The fraction of sp³-hybridized carbons (Fsp3) is 0.0645. The van der Waals surface area contributed by atoms with E-state index in [1.165, 1.54) is 19.4 Å². The fourth-order valence-corrected chi connectivity index (χ4v) is 4.85. The molecule has 10 heteroatoms. The van der Waals surface area contributed by atoms with E-state index in [0.29, 0.717) is 27.8 Å². The van der Waals surface area contributed by atoms with E-state index >= 15 is 0 Å². The molecule has 8 nitrogen and oxygen atoms in total. The first kappa shape index (κ1) is 27.9. The molecule has 0 fully saturated rings. The molecule has 5 aromatic rings. The van der Waals surface area contributed by atoms with Crippen LogP contribution in [-0.4, -0.2) is 37.3 Å². The summed E-state index contributed by atoms with van der Waals surface area (Å²) in [5, 5.41) is 5.36. The van der Waals surface area contributed by atoms with Gasteiger partial charge >= 0.3 is 5.97 Å². The van der Waals surface area contributed by atoms with Gasteiger partial charge in [0.1, 0.15) is 28.5 Å². The van der Waals surface area contributed by atoms with E-state index in [2.05, 4.69) is 31.4 Å². The van der Waals surface area contributed by atoms with Crippen molar-refractivity contribution >= 4 is 56.5 Å². The van der Waals surface area contributed by atoms with Gasteiger partial charge in [-0.05, 0) is 60.2 Å². The second kappa shape index (κ2) is 12.3. The van der Waals surface area contributed by atoms with Crippen LogP contribution in [0.5, 0.6) is 17.2 Å². The van der Waals surface area contributed by atoms with E-state index in [1.807, 2.05) is 48.5 Å². The number of amides is 1. The number of hydrazone groups is 1. The fourth-order valence-electron chi connectivity index (χ4n) is 4.30. The van der Waals surface area contributed by atoms with E-state index in [4.69, 9.17) is 25.8 Å². The van der Waals surface area contributed by atoms with Gasteiger partial charge in [0.25, 0.3) is 5.91 Å². The van der Waals surface area contributed by atoms with E-state index in [1.54, 1.807) is 37.4 Å². The van der Waals surface area contributed by atoms with Gasteiger partial charge in [0.05, 0.1) is 20.4 Å². The van der Waals surface area contributed by atoms with Gasteiger partial charge in [-0.3, -0.25) is 4.79 Å². The molecule has 1 amide bonds. The first-order valence-corrected chi connectivity index (χ1v) is 13.5. The number of esters is 1. The molecular formula is C31H23BrClN3O5. The Morgan fingerprint density at radius 3 is 2.46 bits per heavy atom. The summed E-state index contributed by atoms with van der Waals surface area (Å²) in [4.78, 5) is 29.5. The van der Waals surface area contributed by atoms with Crippen LogP contribution in [0.25, 0.3) is 22.0 Å². The number of aromatic amines is 1. The lowest BCUT2D eigenvalue weighted by molar-refractivity contribution is 0.0730. The third-order valence-electron chi connectivity index (χ3n) is 6.22. The van der Waals surface area contributed by atoms with Crippen molar-refractivity contribution in [2.75, 3.05) is 14.2 Å². The third-order valence-corrected chi connectivity index (χ3v) is 6.95. The molecule has 0 spiro atoms. The summed E-state index contributed by atoms with van der Waals surface area (Å²) < 4.78 is 17.0. The molecular weight excluding hydrogens is 610 g/mol. The van der Waals surface area contributed by atoms with Crippen LogP contribution in [0.1, 0.15) is 26.4 Å². The van der Waals surface area contributed by atoms with Crippen LogP contribution < -0.4 is 19.6 Å². The van der Waals surface area contributed by atoms with Gasteiger partial charge < -0.3 is 19.2 Å². The lowest BCUT2D eigenvalue weighted by Crippen LogP contribution is -2.19. The van der Waals surface area contributed by atoms with Gasteiger partial charge in [0.15, 0.2) is 0 Å². The lowest BCUT2D eigenvalue weighted by Gasteiger charge is -2.11. The lowest BCUT2D eigenvalue weighted by atomic mass is 10.0. The van der Waals surface area contributed by atoms with Crippen molar-refractivity contribution in [3.8, 4) is 28.4 Å². The van der Waals surface area contributed by atoms with E-state index in [-0.39, 0.29) is 11.3 Å². The number of benzene rings is 4. The summed E-state index contributed by atoms with van der Waals surface area (Å²) in [5.41, 5.74) is 5.89. The molecule has 1 aromatic heterocycles. The Morgan fingerprint density at radius 2 is 1.71 bits per heavy atom. The number of fused-ring (bicyclic) bond motifs is 1. The van der Waals surface area contributed by atoms with Gasteiger partial charge in [0.2, 0.25) is 0 Å². The highest BCUT2D eigenvalue weighted by molar-refractivity contribution is 9.10. The Bertz CT molecular complexity index is 1790. The molecule has 0 atom stereocenters. The van der Waals surface area contributed by atoms with Crippen molar-refractivity contribution in [2.45, 2.75) is 0 Å². The van der Waals surface area contributed by atoms with Crippen molar-refractivity contribution < 1.29 is 23.8 Å². The van der Waals surface area contributed by atoms with Gasteiger partial charge in [-0.1, -0.05) is 57.9 Å². The number of methoxy groups -OCH3 is 2. The normalized spacial score (nSPS) is 11.0. The topological polar surface area (TPSA) is 102 Å². The highest BCUT2D eigenvalue weighted by Crippen LogP contribution is 2.34. The second-order valence-electron chi connectivity index (χ2n) is 8.77. The first-order chi connectivity index (χ1) is 19.9. The zero-order chi connectivity index (χ0) is 28.9. The van der Waals surface area contributed by atoms with Gasteiger partial charge in [-0.2, -0.15) is 5.10 Å². The molecule has 5 rings (SSSR count). The van der Waals surface area contributed by atoms with Crippen LogP contribution in [-0.2, 0) is 0 Å². The maximum Gasteiger partial charge on any atom is 0.347 e. The standard InChI is InChI=1S/C31H23BrClN3O5/c1-39-22-10-11-25-23(16-22)28(18-6-4-3-5-7-18)29(35-25)30(37)36-34-17-19-14-20(32)8-12-26(19)41-31(38)24-15-21(33)9-13-27(24)40-2/h3-17,35H,1-2H3,(H,36,37). The van der Waals surface area contributed by atoms with E-state index in [0.717, 1.165) is 26.5 Å². The zero-order valence-electron chi connectivity index (χ0n) is 21.9. The van der Waals surface area contributed by atoms with Crippen LogP contribution in [0.15, 0.2) is 94.5 Å². The average Bonchev–Trinajstić information content (AvgIpc) is 3.37. The summed E-state index contributed by atoms with van der Waals surface area (Å²) in [5.74, 6) is 0.106. The van der Waals surface area contributed by atoms with Crippen LogP contribution >= 0.6 is 27.5 Å². The van der Waals surface area contributed by atoms with Crippen molar-refractivity contribution in [2.24, 2.45) is 5.10 Å². The summed E-state index contributed by atoms with van der Waals surface area (Å²) in [6.07, 6.45) is 1.40. The van der Waals surface area contributed by atoms with Crippen LogP contribution in [0.4, 0.5) is 0 Å². The number of carbonyl (C=O) groups is 2. The summed E-state index contributed by atoms with van der Waals surface area (Å²) in [6.45, 7) is 0. The van der Waals surface area contributed by atoms with Crippen molar-refractivity contribution in [3.63, 3.8) is 0 Å². The van der Waals surface area contributed by atoms with E-state index in [9.17, 15) is 9.59 Å². The number of halogens is 2. The molecule has 0 bridgehead atoms. The molecule has 0 aliphatic heterocycles. The quantitative estimate of drug-likeness (QED) is 0.0812. The predicted octanol–water partition coefficient (Wildman–Crippen LogP) is 7.25.